The number of carboxylic acids is 1. The van der Waals surface area contributed by atoms with E-state index in [9.17, 15) is 18.4 Å². The second-order valence-electron chi connectivity index (χ2n) is 2.85. The van der Waals surface area contributed by atoms with Gasteiger partial charge < -0.3 is 15.8 Å². The molecule has 0 fully saturated rings. The molecule has 1 heterocycles. The van der Waals surface area contributed by atoms with Crippen LogP contribution in [0.25, 0.3) is 0 Å². The van der Waals surface area contributed by atoms with Crippen LogP contribution >= 0.6 is 0 Å². The van der Waals surface area contributed by atoms with Gasteiger partial charge in [0.2, 0.25) is 5.56 Å². The van der Waals surface area contributed by atoms with E-state index in [0.29, 0.717) is 0 Å². The Morgan fingerprint density at radius 1 is 1.60 bits per heavy atom. The van der Waals surface area contributed by atoms with E-state index in [1.807, 2.05) is 4.98 Å². The smallest absolute Gasteiger partial charge is 0.309 e. The van der Waals surface area contributed by atoms with Crippen molar-refractivity contribution in [1.29, 1.82) is 0 Å². The summed E-state index contributed by atoms with van der Waals surface area (Å²) in [6.45, 7) is 0. The predicted octanol–water partition coefficient (Wildman–Crippen LogP) is 0.522. The van der Waals surface area contributed by atoms with Gasteiger partial charge >= 0.3 is 5.97 Å². The van der Waals surface area contributed by atoms with Crippen LogP contribution in [-0.4, -0.2) is 16.1 Å². The predicted molar refractivity (Wildman–Crippen MR) is 47.8 cm³/mol. The van der Waals surface area contributed by atoms with Crippen molar-refractivity contribution in [2.24, 2.45) is 0 Å². The highest BCUT2D eigenvalue weighted by Crippen LogP contribution is 2.26. The highest BCUT2D eigenvalue weighted by Gasteiger charge is 2.19. The first kappa shape index (κ1) is 11.2. The molecule has 4 N–H and O–H groups in total. The standard InChI is InChI=1S/C8H8F2N2O3/c9-8(10)7-3(11)1-5(13)12-4(7)2-6(14)15/h1,8H,2H2,(H,14,15)(H3,11,12,13). The molecule has 0 unspecified atom stereocenters. The van der Waals surface area contributed by atoms with Crippen LogP contribution in [0.15, 0.2) is 10.9 Å². The molecule has 5 nitrogen and oxygen atoms in total. The summed E-state index contributed by atoms with van der Waals surface area (Å²) in [4.78, 5) is 23.3. The van der Waals surface area contributed by atoms with E-state index >= 15 is 0 Å². The minimum absolute atomic E-state index is 0.359. The van der Waals surface area contributed by atoms with Gasteiger partial charge in [0.15, 0.2) is 0 Å². The quantitative estimate of drug-likeness (QED) is 0.689. The molecule has 0 amide bonds. The molecule has 0 aromatic carbocycles. The maximum atomic E-state index is 12.5. The summed E-state index contributed by atoms with van der Waals surface area (Å²) in [6, 6.07) is 0.798. The maximum Gasteiger partial charge on any atom is 0.309 e. The Hall–Kier alpha value is -1.92. The van der Waals surface area contributed by atoms with E-state index in [2.05, 4.69) is 0 Å². The minimum atomic E-state index is -2.92. The number of aliphatic carboxylic acids is 1. The van der Waals surface area contributed by atoms with Crippen molar-refractivity contribution in [2.75, 3.05) is 5.73 Å². The van der Waals surface area contributed by atoms with Crippen LogP contribution in [0.2, 0.25) is 0 Å². The highest BCUT2D eigenvalue weighted by molar-refractivity contribution is 5.71. The number of pyridine rings is 1. The normalized spacial score (nSPS) is 10.6. The van der Waals surface area contributed by atoms with Crippen molar-refractivity contribution in [2.45, 2.75) is 12.8 Å². The van der Waals surface area contributed by atoms with Crippen LogP contribution in [0.4, 0.5) is 14.5 Å². The van der Waals surface area contributed by atoms with E-state index in [-0.39, 0.29) is 5.69 Å². The Balaban J connectivity index is 3.33. The van der Waals surface area contributed by atoms with Crippen molar-refractivity contribution in [1.82, 2.24) is 4.98 Å². The Labute approximate surface area is 82.5 Å². The lowest BCUT2D eigenvalue weighted by molar-refractivity contribution is -0.136. The van der Waals surface area contributed by atoms with Gasteiger partial charge in [0.25, 0.3) is 6.43 Å². The van der Waals surface area contributed by atoms with Gasteiger partial charge in [0.1, 0.15) is 0 Å². The zero-order valence-electron chi connectivity index (χ0n) is 7.46. The van der Waals surface area contributed by atoms with Gasteiger partial charge in [-0.2, -0.15) is 0 Å². The largest absolute Gasteiger partial charge is 0.481 e. The van der Waals surface area contributed by atoms with Gasteiger partial charge in [-0.3, -0.25) is 9.59 Å². The molecule has 15 heavy (non-hydrogen) atoms. The van der Waals surface area contributed by atoms with Crippen LogP contribution in [0.5, 0.6) is 0 Å². The molecule has 0 aliphatic rings. The van der Waals surface area contributed by atoms with Crippen molar-refractivity contribution in [3.05, 3.63) is 27.7 Å². The fourth-order valence-corrected chi connectivity index (χ4v) is 1.19. The summed E-state index contributed by atoms with van der Waals surface area (Å²) in [5.41, 5.74) is 3.12. The van der Waals surface area contributed by atoms with Crippen LogP contribution in [-0.2, 0) is 11.2 Å². The number of halogens is 2. The number of hydrogen-bond acceptors (Lipinski definition) is 3. The van der Waals surface area contributed by atoms with Gasteiger partial charge in [0, 0.05) is 17.4 Å². The van der Waals surface area contributed by atoms with Crippen LogP contribution < -0.4 is 11.3 Å². The van der Waals surface area contributed by atoms with Crippen molar-refractivity contribution in [3.8, 4) is 0 Å². The van der Waals surface area contributed by atoms with Crippen molar-refractivity contribution in [3.63, 3.8) is 0 Å². The number of alkyl halides is 2. The lowest BCUT2D eigenvalue weighted by Gasteiger charge is -2.08. The Morgan fingerprint density at radius 2 is 2.20 bits per heavy atom. The maximum absolute atomic E-state index is 12.5. The van der Waals surface area contributed by atoms with Crippen LogP contribution in [0, 0.1) is 0 Å². The number of carboxylic acid groups (broad SMARTS) is 1. The van der Waals surface area contributed by atoms with Crippen molar-refractivity contribution < 1.29 is 18.7 Å². The molecule has 1 aromatic heterocycles. The number of nitrogens with one attached hydrogen (secondary N) is 1. The first-order valence-corrected chi connectivity index (χ1v) is 3.93. The number of nitrogens with two attached hydrogens (primary N) is 1. The number of aromatic amines is 1. The van der Waals surface area contributed by atoms with Crippen LogP contribution in [0.1, 0.15) is 17.7 Å². The summed E-state index contributed by atoms with van der Waals surface area (Å²) in [7, 11) is 0. The molecule has 0 radical (unpaired) electrons. The number of H-pyrrole nitrogens is 1. The summed E-state index contributed by atoms with van der Waals surface area (Å²) in [5, 5.41) is 8.45. The van der Waals surface area contributed by atoms with E-state index in [4.69, 9.17) is 10.8 Å². The lowest BCUT2D eigenvalue weighted by atomic mass is 10.1. The molecule has 0 saturated heterocycles. The zero-order valence-corrected chi connectivity index (χ0v) is 7.46. The van der Waals surface area contributed by atoms with E-state index in [1.165, 1.54) is 0 Å². The first-order chi connectivity index (χ1) is 6.91. The lowest BCUT2D eigenvalue weighted by Crippen LogP contribution is -2.16. The third kappa shape index (κ3) is 2.52. The average molecular weight is 218 g/mol. The molecule has 0 aliphatic carbocycles. The number of nitrogen functional groups attached to an aromatic ring is 1. The molecule has 0 atom stereocenters. The third-order valence-corrected chi connectivity index (χ3v) is 1.74. The number of anilines is 1. The molecule has 0 aliphatic heterocycles. The fraction of sp³-hybridized carbons (Fsp3) is 0.250. The number of hydrogen-bond donors (Lipinski definition) is 3. The molecule has 1 aromatic rings. The number of aromatic nitrogens is 1. The molecular weight excluding hydrogens is 210 g/mol. The molecule has 0 bridgehead atoms. The van der Waals surface area contributed by atoms with Crippen LogP contribution in [0.3, 0.4) is 0 Å². The zero-order chi connectivity index (χ0) is 11.6. The van der Waals surface area contributed by atoms with E-state index in [1.54, 1.807) is 0 Å². The number of carbonyl (C=O) groups is 1. The Morgan fingerprint density at radius 3 is 2.67 bits per heavy atom. The second kappa shape index (κ2) is 4.07. The number of rotatable bonds is 3. The molecular formula is C8H8F2N2O3. The fourth-order valence-electron chi connectivity index (χ4n) is 1.19. The monoisotopic (exact) mass is 218 g/mol. The molecule has 1 rings (SSSR count). The first-order valence-electron chi connectivity index (χ1n) is 3.93. The molecule has 0 saturated carbocycles. The SMILES string of the molecule is Nc1cc(=O)[nH]c(CC(=O)O)c1C(F)F. The third-order valence-electron chi connectivity index (χ3n) is 1.74. The summed E-state index contributed by atoms with van der Waals surface area (Å²) < 4.78 is 25.0. The van der Waals surface area contributed by atoms with Crippen molar-refractivity contribution >= 4 is 11.7 Å². The minimum Gasteiger partial charge on any atom is -0.481 e. The Kier molecular flexibility index (Phi) is 3.03. The molecule has 7 heteroatoms. The molecule has 82 valence electrons. The highest BCUT2D eigenvalue weighted by atomic mass is 19.3. The van der Waals surface area contributed by atoms with Gasteiger partial charge in [0.05, 0.1) is 12.0 Å². The second-order valence-corrected chi connectivity index (χ2v) is 2.85. The topological polar surface area (TPSA) is 96.2 Å². The average Bonchev–Trinajstić information content (AvgIpc) is 1.99. The van der Waals surface area contributed by atoms with Gasteiger partial charge in [-0.15, -0.1) is 0 Å². The van der Waals surface area contributed by atoms with E-state index < -0.39 is 35.6 Å². The molecule has 0 spiro atoms. The summed E-state index contributed by atoms with van der Waals surface area (Å²) >= 11 is 0. The van der Waals surface area contributed by atoms with E-state index in [0.717, 1.165) is 6.07 Å². The summed E-state index contributed by atoms with van der Waals surface area (Å²) in [6.07, 6.45) is -3.61. The van der Waals surface area contributed by atoms with Gasteiger partial charge in [-0.25, -0.2) is 8.78 Å². The van der Waals surface area contributed by atoms with Gasteiger partial charge in [-0.05, 0) is 0 Å². The van der Waals surface area contributed by atoms with Gasteiger partial charge in [-0.1, -0.05) is 0 Å². The Bertz CT molecular complexity index is 442. The summed E-state index contributed by atoms with van der Waals surface area (Å²) in [5.74, 6) is -1.32.